The summed E-state index contributed by atoms with van der Waals surface area (Å²) < 4.78 is 5.57. The molecule has 25 heavy (non-hydrogen) atoms. The smallest absolute Gasteiger partial charge is 0.151 e. The number of hydrogen-bond donors (Lipinski definition) is 0. The van der Waals surface area contributed by atoms with Crippen LogP contribution in [0.1, 0.15) is 29.2 Å². The lowest BCUT2D eigenvalue weighted by Crippen LogP contribution is -2.05. The summed E-state index contributed by atoms with van der Waals surface area (Å²) in [4.78, 5) is 5.62. The van der Waals surface area contributed by atoms with Crippen molar-refractivity contribution in [2.45, 2.75) is 18.9 Å². The Hall–Kier alpha value is -2.52. The maximum absolute atomic E-state index is 6.34. The van der Waals surface area contributed by atoms with Crippen molar-refractivity contribution in [1.82, 2.24) is 0 Å². The third-order valence-electron chi connectivity index (χ3n) is 4.46. The second-order valence-corrected chi connectivity index (χ2v) is 6.59. The van der Waals surface area contributed by atoms with E-state index < -0.39 is 0 Å². The minimum atomic E-state index is 0.266. The molecule has 0 N–H and O–H groups in total. The average Bonchev–Trinajstić information content (AvgIpc) is 3.22. The first-order valence-corrected chi connectivity index (χ1v) is 8.73. The number of halogens is 1. The van der Waals surface area contributed by atoms with E-state index in [-0.39, 0.29) is 5.92 Å². The molecule has 0 saturated heterocycles. The molecule has 3 nitrogen and oxygen atoms in total. The first-order valence-electron chi connectivity index (χ1n) is 8.35. The fourth-order valence-corrected chi connectivity index (χ4v) is 3.36. The number of benzene rings is 2. The van der Waals surface area contributed by atoms with Gasteiger partial charge in [-0.05, 0) is 41.7 Å². The minimum absolute atomic E-state index is 0.266. The average molecular weight is 352 g/mol. The van der Waals surface area contributed by atoms with Gasteiger partial charge in [0.15, 0.2) is 5.76 Å². The minimum Gasteiger partial charge on any atom is -0.463 e. The summed E-state index contributed by atoms with van der Waals surface area (Å²) in [6.07, 6.45) is 2.66. The molecular weight excluding hydrogens is 334 g/mol. The third-order valence-corrected chi connectivity index (χ3v) is 4.80. The fraction of sp³-hybridized carbons (Fsp3) is 0.190. The molecule has 126 valence electrons. The Labute approximate surface area is 151 Å². The SMILES string of the molecule is Clc1ccccc1C1CC1/C(=N/OCc1ccccc1)c1ccco1. The van der Waals surface area contributed by atoms with Crippen molar-refractivity contribution in [2.75, 3.05) is 0 Å². The first-order chi connectivity index (χ1) is 12.3. The second kappa shape index (κ2) is 7.16. The molecule has 0 bridgehead atoms. The fourth-order valence-electron chi connectivity index (χ4n) is 3.09. The number of oxime groups is 1. The summed E-state index contributed by atoms with van der Waals surface area (Å²) in [5, 5.41) is 5.21. The van der Waals surface area contributed by atoms with Crippen LogP contribution in [-0.4, -0.2) is 5.71 Å². The summed E-state index contributed by atoms with van der Waals surface area (Å²) in [5.41, 5.74) is 3.10. The predicted octanol–water partition coefficient (Wildman–Crippen LogP) is 5.66. The number of rotatable bonds is 6. The van der Waals surface area contributed by atoms with Crippen molar-refractivity contribution in [3.05, 3.63) is 94.9 Å². The molecule has 1 aliphatic carbocycles. The van der Waals surface area contributed by atoms with E-state index in [4.69, 9.17) is 20.9 Å². The zero-order valence-corrected chi connectivity index (χ0v) is 14.4. The van der Waals surface area contributed by atoms with Gasteiger partial charge in [-0.15, -0.1) is 0 Å². The van der Waals surface area contributed by atoms with Crippen molar-refractivity contribution < 1.29 is 9.25 Å². The lowest BCUT2D eigenvalue weighted by molar-refractivity contribution is 0.129. The van der Waals surface area contributed by atoms with Gasteiger partial charge < -0.3 is 9.25 Å². The lowest BCUT2D eigenvalue weighted by Gasteiger charge is -2.06. The van der Waals surface area contributed by atoms with E-state index in [0.29, 0.717) is 12.5 Å². The molecule has 1 fully saturated rings. The van der Waals surface area contributed by atoms with Crippen molar-refractivity contribution in [3.8, 4) is 0 Å². The predicted molar refractivity (Wildman–Crippen MR) is 98.8 cm³/mol. The van der Waals surface area contributed by atoms with Crippen LogP contribution in [0.25, 0.3) is 0 Å². The quantitative estimate of drug-likeness (QED) is 0.424. The van der Waals surface area contributed by atoms with E-state index in [2.05, 4.69) is 11.2 Å². The van der Waals surface area contributed by atoms with E-state index in [9.17, 15) is 0 Å². The lowest BCUT2D eigenvalue weighted by atomic mass is 10.1. The Morgan fingerprint density at radius 3 is 2.60 bits per heavy atom. The second-order valence-electron chi connectivity index (χ2n) is 6.18. The maximum Gasteiger partial charge on any atom is 0.151 e. The van der Waals surface area contributed by atoms with Crippen LogP contribution in [0.2, 0.25) is 5.02 Å². The Bertz CT molecular complexity index is 859. The van der Waals surface area contributed by atoms with Crippen molar-refractivity contribution >= 4 is 17.3 Å². The maximum atomic E-state index is 6.34. The molecule has 0 amide bonds. The van der Waals surface area contributed by atoms with Gasteiger partial charge in [0.05, 0.1) is 6.26 Å². The van der Waals surface area contributed by atoms with Gasteiger partial charge >= 0.3 is 0 Å². The highest BCUT2D eigenvalue weighted by Crippen LogP contribution is 2.51. The van der Waals surface area contributed by atoms with Crippen molar-refractivity contribution in [1.29, 1.82) is 0 Å². The molecule has 3 aromatic rings. The Morgan fingerprint density at radius 1 is 1.04 bits per heavy atom. The molecule has 2 atom stereocenters. The molecule has 4 rings (SSSR count). The summed E-state index contributed by atoms with van der Waals surface area (Å²) in [6.45, 7) is 0.439. The molecule has 0 aliphatic heterocycles. The molecule has 0 spiro atoms. The molecule has 4 heteroatoms. The van der Waals surface area contributed by atoms with Crippen LogP contribution in [-0.2, 0) is 11.4 Å². The van der Waals surface area contributed by atoms with Gasteiger partial charge in [0.1, 0.15) is 12.3 Å². The van der Waals surface area contributed by atoms with Crippen LogP contribution in [0.4, 0.5) is 0 Å². The number of nitrogens with zero attached hydrogens (tertiary/aromatic N) is 1. The van der Waals surface area contributed by atoms with E-state index >= 15 is 0 Å². The molecule has 1 aliphatic rings. The van der Waals surface area contributed by atoms with Gasteiger partial charge in [-0.1, -0.05) is 65.3 Å². The van der Waals surface area contributed by atoms with Gasteiger partial charge in [-0.2, -0.15) is 0 Å². The van der Waals surface area contributed by atoms with Crippen LogP contribution in [0.5, 0.6) is 0 Å². The molecule has 1 saturated carbocycles. The molecule has 2 aromatic carbocycles. The van der Waals surface area contributed by atoms with Gasteiger partial charge in [0.2, 0.25) is 0 Å². The number of hydrogen-bond acceptors (Lipinski definition) is 3. The van der Waals surface area contributed by atoms with Gasteiger partial charge in [0, 0.05) is 10.9 Å². The van der Waals surface area contributed by atoms with Crippen LogP contribution in [0, 0.1) is 5.92 Å². The standard InChI is InChI=1S/C21H18ClNO2/c22-19-10-5-4-9-16(19)17-13-18(17)21(20-11-6-12-24-20)23-25-14-15-7-2-1-3-8-15/h1-12,17-18H,13-14H2/b23-21-. The Balaban J connectivity index is 1.52. The van der Waals surface area contributed by atoms with Gasteiger partial charge in [-0.25, -0.2) is 0 Å². The van der Waals surface area contributed by atoms with Crippen LogP contribution < -0.4 is 0 Å². The first kappa shape index (κ1) is 16.0. The topological polar surface area (TPSA) is 34.7 Å². The summed E-state index contributed by atoms with van der Waals surface area (Å²) in [7, 11) is 0. The zero-order chi connectivity index (χ0) is 17.1. The van der Waals surface area contributed by atoms with Crippen LogP contribution in [0.15, 0.2) is 82.6 Å². The Morgan fingerprint density at radius 2 is 1.84 bits per heavy atom. The van der Waals surface area contributed by atoms with Crippen molar-refractivity contribution in [2.24, 2.45) is 11.1 Å². The zero-order valence-electron chi connectivity index (χ0n) is 13.6. The molecule has 1 heterocycles. The largest absolute Gasteiger partial charge is 0.463 e. The van der Waals surface area contributed by atoms with Crippen LogP contribution >= 0.6 is 11.6 Å². The Kier molecular flexibility index (Phi) is 4.57. The molecular formula is C21H18ClNO2. The summed E-state index contributed by atoms with van der Waals surface area (Å²) >= 11 is 6.34. The van der Waals surface area contributed by atoms with E-state index in [1.807, 2.05) is 60.7 Å². The monoisotopic (exact) mass is 351 g/mol. The molecule has 0 radical (unpaired) electrons. The summed E-state index contributed by atoms with van der Waals surface area (Å²) in [5.74, 6) is 1.38. The number of furan rings is 1. The normalized spacial score (nSPS) is 19.6. The van der Waals surface area contributed by atoms with E-state index in [0.717, 1.165) is 34.0 Å². The van der Waals surface area contributed by atoms with Crippen molar-refractivity contribution in [3.63, 3.8) is 0 Å². The molecule has 2 unspecified atom stereocenters. The highest BCUT2D eigenvalue weighted by Gasteiger charge is 2.44. The molecule has 1 aromatic heterocycles. The highest BCUT2D eigenvalue weighted by atomic mass is 35.5. The van der Waals surface area contributed by atoms with Crippen LogP contribution in [0.3, 0.4) is 0 Å². The van der Waals surface area contributed by atoms with E-state index in [1.165, 1.54) is 0 Å². The van der Waals surface area contributed by atoms with E-state index in [1.54, 1.807) is 6.26 Å². The highest BCUT2D eigenvalue weighted by molar-refractivity contribution is 6.31. The van der Waals surface area contributed by atoms with Gasteiger partial charge in [-0.3, -0.25) is 0 Å². The summed E-state index contributed by atoms with van der Waals surface area (Å²) in [6, 6.07) is 21.8. The third kappa shape index (κ3) is 3.62. The van der Waals surface area contributed by atoms with Gasteiger partial charge in [0.25, 0.3) is 0 Å².